The Morgan fingerprint density at radius 1 is 0.852 bits per heavy atom. The van der Waals surface area contributed by atoms with E-state index in [-0.39, 0.29) is 0 Å². The van der Waals surface area contributed by atoms with Gasteiger partial charge in [-0.2, -0.15) is 0 Å². The standard InChI is InChI=1S/C21H18BF2N3/c1-26(2)17-10-8-15(9-11-17)19-12-13-20(27(19)22(23)24)18-7-3-5-16-6-4-14-25-21(16)18/h3-14H,1-2H3. The Morgan fingerprint density at radius 3 is 2.26 bits per heavy atom. The van der Waals surface area contributed by atoms with Gasteiger partial charge in [0.2, 0.25) is 0 Å². The molecule has 2 heterocycles. The van der Waals surface area contributed by atoms with Crippen molar-refractivity contribution in [2.75, 3.05) is 19.0 Å². The minimum Gasteiger partial charge on any atom is -0.378 e. The number of halogens is 2. The van der Waals surface area contributed by atoms with E-state index in [1.807, 2.05) is 73.6 Å². The van der Waals surface area contributed by atoms with Crippen LogP contribution in [0, 0.1) is 0 Å². The van der Waals surface area contributed by atoms with Crippen molar-refractivity contribution in [3.8, 4) is 22.5 Å². The van der Waals surface area contributed by atoms with Crippen LogP contribution >= 0.6 is 0 Å². The van der Waals surface area contributed by atoms with Crippen LogP contribution in [0.25, 0.3) is 33.4 Å². The smallest absolute Gasteiger partial charge is 0.378 e. The van der Waals surface area contributed by atoms with E-state index in [9.17, 15) is 8.63 Å². The van der Waals surface area contributed by atoms with E-state index < -0.39 is 7.40 Å². The first-order valence-corrected chi connectivity index (χ1v) is 8.67. The van der Waals surface area contributed by atoms with Gasteiger partial charge in [-0.25, -0.2) is 0 Å². The molecule has 0 atom stereocenters. The first-order valence-electron chi connectivity index (χ1n) is 8.67. The molecule has 0 aliphatic rings. The molecule has 4 rings (SSSR count). The van der Waals surface area contributed by atoms with Crippen LogP contribution in [0.4, 0.5) is 14.3 Å². The summed E-state index contributed by atoms with van der Waals surface area (Å²) in [5, 5.41) is 0.925. The second-order valence-corrected chi connectivity index (χ2v) is 6.57. The lowest BCUT2D eigenvalue weighted by Gasteiger charge is -2.15. The molecule has 0 amide bonds. The topological polar surface area (TPSA) is 21.1 Å². The van der Waals surface area contributed by atoms with E-state index in [4.69, 9.17) is 0 Å². The Labute approximate surface area is 157 Å². The number of pyridine rings is 1. The molecule has 0 radical (unpaired) electrons. The van der Waals surface area contributed by atoms with Gasteiger partial charge in [0, 0.05) is 48.3 Å². The maximum atomic E-state index is 14.0. The molecule has 0 saturated carbocycles. The number of benzene rings is 2. The Bertz CT molecular complexity index is 1080. The second kappa shape index (κ2) is 6.87. The SMILES string of the molecule is CN(C)c1ccc(-c2ccc(-c3cccc4cccnc34)n2B(F)F)cc1. The van der Waals surface area contributed by atoms with E-state index in [1.165, 1.54) is 0 Å². The largest absolute Gasteiger partial charge is 0.678 e. The molecule has 0 bridgehead atoms. The highest BCUT2D eigenvalue weighted by atomic mass is 19.2. The number of fused-ring (bicyclic) bond motifs is 1. The normalized spacial score (nSPS) is 11.0. The molecule has 0 fully saturated rings. The fraction of sp³-hybridized carbons (Fsp3) is 0.0952. The minimum atomic E-state index is -2.66. The third kappa shape index (κ3) is 3.08. The Kier molecular flexibility index (Phi) is 4.40. The summed E-state index contributed by atoms with van der Waals surface area (Å²) in [7, 11) is 1.24. The van der Waals surface area contributed by atoms with Crippen LogP contribution < -0.4 is 4.90 Å². The van der Waals surface area contributed by atoms with Gasteiger partial charge in [-0.3, -0.25) is 13.6 Å². The Hall–Kier alpha value is -3.15. The van der Waals surface area contributed by atoms with E-state index in [2.05, 4.69) is 4.98 Å². The summed E-state index contributed by atoms with van der Waals surface area (Å²) < 4.78 is 29.1. The van der Waals surface area contributed by atoms with Crippen LogP contribution in [0.2, 0.25) is 0 Å². The van der Waals surface area contributed by atoms with Crippen molar-refractivity contribution in [2.45, 2.75) is 0 Å². The highest BCUT2D eigenvalue weighted by Crippen LogP contribution is 2.33. The molecule has 27 heavy (non-hydrogen) atoms. The van der Waals surface area contributed by atoms with Gasteiger partial charge >= 0.3 is 7.40 Å². The van der Waals surface area contributed by atoms with Crippen molar-refractivity contribution in [3.63, 3.8) is 0 Å². The monoisotopic (exact) mass is 361 g/mol. The first-order chi connectivity index (χ1) is 13.1. The van der Waals surface area contributed by atoms with E-state index in [0.29, 0.717) is 17.0 Å². The summed E-state index contributed by atoms with van der Waals surface area (Å²) >= 11 is 0. The van der Waals surface area contributed by atoms with E-state index >= 15 is 0 Å². The molecule has 134 valence electrons. The summed E-state index contributed by atoms with van der Waals surface area (Å²) in [6, 6.07) is 20.5. The molecule has 0 spiro atoms. The predicted molar refractivity (Wildman–Crippen MR) is 108 cm³/mol. The lowest BCUT2D eigenvalue weighted by molar-refractivity contribution is 0.633. The number of hydrogen-bond donors (Lipinski definition) is 0. The number of anilines is 1. The van der Waals surface area contributed by atoms with Crippen LogP contribution in [-0.2, 0) is 0 Å². The lowest BCUT2D eigenvalue weighted by atomic mass is 10.0. The third-order valence-corrected chi connectivity index (χ3v) is 4.70. The number of hydrogen-bond acceptors (Lipinski definition) is 2. The van der Waals surface area contributed by atoms with Crippen molar-refractivity contribution in [1.82, 2.24) is 9.46 Å². The minimum absolute atomic E-state index is 0.459. The van der Waals surface area contributed by atoms with Gasteiger partial charge < -0.3 is 9.38 Å². The maximum absolute atomic E-state index is 14.0. The number of nitrogens with zero attached hydrogens (tertiary/aromatic N) is 3. The molecule has 0 aliphatic carbocycles. The van der Waals surface area contributed by atoms with Crippen molar-refractivity contribution in [3.05, 3.63) is 72.9 Å². The van der Waals surface area contributed by atoms with Gasteiger partial charge in [-0.1, -0.05) is 36.4 Å². The maximum Gasteiger partial charge on any atom is 0.678 e. The second-order valence-electron chi connectivity index (χ2n) is 6.57. The van der Waals surface area contributed by atoms with Gasteiger partial charge in [-0.05, 0) is 35.9 Å². The zero-order valence-corrected chi connectivity index (χ0v) is 15.1. The summed E-state index contributed by atoms with van der Waals surface area (Å²) in [5.74, 6) is 0. The molecule has 2 aromatic carbocycles. The van der Waals surface area contributed by atoms with Crippen molar-refractivity contribution >= 4 is 24.0 Å². The van der Waals surface area contributed by atoms with Gasteiger partial charge in [0.25, 0.3) is 0 Å². The zero-order chi connectivity index (χ0) is 19.0. The van der Waals surface area contributed by atoms with Crippen LogP contribution in [-0.4, -0.2) is 31.0 Å². The molecule has 0 N–H and O–H groups in total. The zero-order valence-electron chi connectivity index (χ0n) is 15.1. The molecule has 0 aliphatic heterocycles. The molecular formula is C21H18BF2N3. The average Bonchev–Trinajstić information content (AvgIpc) is 3.13. The van der Waals surface area contributed by atoms with Crippen molar-refractivity contribution in [2.24, 2.45) is 0 Å². The Balaban J connectivity index is 1.88. The lowest BCUT2D eigenvalue weighted by Crippen LogP contribution is -2.15. The van der Waals surface area contributed by atoms with Gasteiger partial charge in [-0.15, -0.1) is 0 Å². The molecule has 6 heteroatoms. The molecule has 3 nitrogen and oxygen atoms in total. The number of rotatable bonds is 4. The summed E-state index contributed by atoms with van der Waals surface area (Å²) in [4.78, 5) is 6.38. The van der Waals surface area contributed by atoms with E-state index in [0.717, 1.165) is 26.6 Å². The van der Waals surface area contributed by atoms with Crippen LogP contribution in [0.3, 0.4) is 0 Å². The summed E-state index contributed by atoms with van der Waals surface area (Å²) in [6.45, 7) is 0. The predicted octanol–water partition coefficient (Wildman–Crippen LogP) is 5.21. The highest BCUT2D eigenvalue weighted by Gasteiger charge is 2.26. The van der Waals surface area contributed by atoms with Gasteiger partial charge in [0.05, 0.1) is 5.52 Å². The molecule has 0 unspecified atom stereocenters. The first kappa shape index (κ1) is 17.3. The van der Waals surface area contributed by atoms with Crippen molar-refractivity contribution in [1.29, 1.82) is 0 Å². The van der Waals surface area contributed by atoms with Crippen LogP contribution in [0.5, 0.6) is 0 Å². The summed E-state index contributed by atoms with van der Waals surface area (Å²) in [5.41, 5.74) is 4.13. The third-order valence-electron chi connectivity index (χ3n) is 4.70. The molecule has 2 aromatic heterocycles. The molecular weight excluding hydrogens is 343 g/mol. The molecule has 0 saturated heterocycles. The number of para-hydroxylation sites is 1. The molecule has 4 aromatic rings. The average molecular weight is 361 g/mol. The van der Waals surface area contributed by atoms with Gasteiger partial charge in [0.1, 0.15) is 0 Å². The fourth-order valence-corrected chi connectivity index (χ4v) is 3.35. The fourth-order valence-electron chi connectivity index (χ4n) is 3.35. The number of aromatic nitrogens is 2. The van der Waals surface area contributed by atoms with Gasteiger partial charge in [0.15, 0.2) is 0 Å². The highest BCUT2D eigenvalue weighted by molar-refractivity contribution is 6.42. The van der Waals surface area contributed by atoms with Crippen molar-refractivity contribution < 1.29 is 8.63 Å². The Morgan fingerprint density at radius 2 is 1.56 bits per heavy atom. The van der Waals surface area contributed by atoms with Crippen LogP contribution in [0.1, 0.15) is 0 Å². The van der Waals surface area contributed by atoms with E-state index in [1.54, 1.807) is 18.3 Å². The summed E-state index contributed by atoms with van der Waals surface area (Å²) in [6.07, 6.45) is 1.68. The van der Waals surface area contributed by atoms with Crippen LogP contribution in [0.15, 0.2) is 72.9 Å². The quantitative estimate of drug-likeness (QED) is 0.466.